The second-order valence-electron chi connectivity index (χ2n) is 4.65. The molecule has 18 heavy (non-hydrogen) atoms. The predicted octanol–water partition coefficient (Wildman–Crippen LogP) is -1.22. The van der Waals surface area contributed by atoms with Gasteiger partial charge < -0.3 is 10.2 Å². The van der Waals surface area contributed by atoms with Gasteiger partial charge in [0.25, 0.3) is 5.91 Å². The zero-order valence-electron chi connectivity index (χ0n) is 10.7. The van der Waals surface area contributed by atoms with Crippen molar-refractivity contribution in [2.24, 2.45) is 0 Å². The van der Waals surface area contributed by atoms with Crippen molar-refractivity contribution < 1.29 is 19.2 Å². The van der Waals surface area contributed by atoms with Gasteiger partial charge in [-0.05, 0) is 13.8 Å². The molecule has 1 fully saturated rings. The molecular weight excluding hydrogens is 238 g/mol. The van der Waals surface area contributed by atoms with E-state index < -0.39 is 17.4 Å². The van der Waals surface area contributed by atoms with Crippen molar-refractivity contribution in [2.45, 2.75) is 32.7 Å². The highest BCUT2D eigenvalue weighted by Crippen LogP contribution is 2.18. The lowest BCUT2D eigenvalue weighted by atomic mass is 9.98. The van der Waals surface area contributed by atoms with Crippen LogP contribution in [-0.4, -0.2) is 47.2 Å². The van der Waals surface area contributed by atoms with Crippen LogP contribution in [0.3, 0.4) is 0 Å². The van der Waals surface area contributed by atoms with E-state index in [-0.39, 0.29) is 31.3 Å². The topological polar surface area (TPSA) is 95.6 Å². The molecule has 0 aliphatic carbocycles. The van der Waals surface area contributed by atoms with Gasteiger partial charge in [-0.2, -0.15) is 0 Å². The summed E-state index contributed by atoms with van der Waals surface area (Å²) in [5.41, 5.74) is -1.05. The van der Waals surface area contributed by atoms with Crippen molar-refractivity contribution in [3.05, 3.63) is 0 Å². The standard InChI is InChI=1S/C11H17N3O4/c1-7(15)12-5-4-9(17)14-6-8(16)13-10(18)11(14,2)3/h4-6H2,1-3H3,(H,12,15)(H,13,16,18). The maximum atomic E-state index is 11.9. The first-order valence-electron chi connectivity index (χ1n) is 5.64. The Morgan fingerprint density at radius 2 is 2.00 bits per heavy atom. The Bertz CT molecular complexity index is 403. The van der Waals surface area contributed by atoms with E-state index in [2.05, 4.69) is 10.6 Å². The highest BCUT2D eigenvalue weighted by molar-refractivity contribution is 6.06. The van der Waals surface area contributed by atoms with E-state index in [1.54, 1.807) is 13.8 Å². The lowest BCUT2D eigenvalue weighted by Gasteiger charge is -2.40. The molecule has 0 aromatic rings. The third kappa shape index (κ3) is 3.06. The SMILES string of the molecule is CC(=O)NCCC(=O)N1CC(=O)NC(=O)C1(C)C. The Morgan fingerprint density at radius 3 is 2.56 bits per heavy atom. The summed E-state index contributed by atoms with van der Waals surface area (Å²) in [6.07, 6.45) is 0.0591. The van der Waals surface area contributed by atoms with E-state index in [0.717, 1.165) is 0 Å². The maximum absolute atomic E-state index is 11.9. The zero-order valence-corrected chi connectivity index (χ0v) is 10.7. The molecule has 2 N–H and O–H groups in total. The molecule has 7 nitrogen and oxygen atoms in total. The quantitative estimate of drug-likeness (QED) is 0.618. The Morgan fingerprint density at radius 1 is 1.39 bits per heavy atom. The number of imide groups is 1. The minimum Gasteiger partial charge on any atom is -0.356 e. The van der Waals surface area contributed by atoms with Crippen LogP contribution in [0, 0.1) is 0 Å². The van der Waals surface area contributed by atoms with Gasteiger partial charge in [0.1, 0.15) is 12.1 Å². The molecule has 100 valence electrons. The van der Waals surface area contributed by atoms with Gasteiger partial charge in [0, 0.05) is 19.9 Å². The first kappa shape index (κ1) is 14.1. The number of rotatable bonds is 3. The summed E-state index contributed by atoms with van der Waals surface area (Å²) in [6.45, 7) is 4.55. The summed E-state index contributed by atoms with van der Waals surface area (Å²) >= 11 is 0. The van der Waals surface area contributed by atoms with Crippen LogP contribution in [0.2, 0.25) is 0 Å². The summed E-state index contributed by atoms with van der Waals surface area (Å²) in [6, 6.07) is 0. The van der Waals surface area contributed by atoms with E-state index in [1.807, 2.05) is 0 Å². The van der Waals surface area contributed by atoms with Crippen LogP contribution in [0.15, 0.2) is 0 Å². The van der Waals surface area contributed by atoms with E-state index in [1.165, 1.54) is 11.8 Å². The Labute approximate surface area is 105 Å². The molecule has 0 atom stereocenters. The number of carbonyl (C=O) groups is 4. The molecular formula is C11H17N3O4. The lowest BCUT2D eigenvalue weighted by Crippen LogP contribution is -2.65. The van der Waals surface area contributed by atoms with Crippen molar-refractivity contribution in [3.63, 3.8) is 0 Å². The van der Waals surface area contributed by atoms with Gasteiger partial charge in [-0.3, -0.25) is 24.5 Å². The minimum absolute atomic E-state index is 0.0591. The number of amides is 4. The molecule has 1 saturated heterocycles. The summed E-state index contributed by atoms with van der Waals surface area (Å²) < 4.78 is 0. The van der Waals surface area contributed by atoms with Crippen molar-refractivity contribution >= 4 is 23.6 Å². The maximum Gasteiger partial charge on any atom is 0.252 e. The number of carbonyl (C=O) groups excluding carboxylic acids is 4. The molecule has 0 bridgehead atoms. The van der Waals surface area contributed by atoms with Gasteiger partial charge in [-0.15, -0.1) is 0 Å². The average Bonchev–Trinajstić information content (AvgIpc) is 2.23. The normalized spacial score (nSPS) is 18.3. The summed E-state index contributed by atoms with van der Waals surface area (Å²) in [5, 5.41) is 4.68. The number of hydrogen-bond acceptors (Lipinski definition) is 4. The van der Waals surface area contributed by atoms with Crippen LogP contribution in [0.4, 0.5) is 0 Å². The zero-order chi connectivity index (χ0) is 13.9. The third-order valence-corrected chi connectivity index (χ3v) is 2.80. The van der Waals surface area contributed by atoms with Gasteiger partial charge in [-0.1, -0.05) is 0 Å². The highest BCUT2D eigenvalue weighted by Gasteiger charge is 2.43. The number of nitrogens with zero attached hydrogens (tertiary/aromatic N) is 1. The molecule has 0 radical (unpaired) electrons. The van der Waals surface area contributed by atoms with E-state index in [4.69, 9.17) is 0 Å². The molecule has 1 aliphatic rings. The molecule has 0 unspecified atom stereocenters. The summed E-state index contributed by atoms with van der Waals surface area (Å²) in [7, 11) is 0. The fourth-order valence-corrected chi connectivity index (χ4v) is 1.66. The Kier molecular flexibility index (Phi) is 4.05. The van der Waals surface area contributed by atoms with E-state index in [9.17, 15) is 19.2 Å². The highest BCUT2D eigenvalue weighted by atomic mass is 16.2. The molecule has 0 aromatic heterocycles. The number of nitrogens with one attached hydrogen (secondary N) is 2. The van der Waals surface area contributed by atoms with Crippen LogP contribution in [0.1, 0.15) is 27.2 Å². The van der Waals surface area contributed by atoms with Gasteiger partial charge in [0.15, 0.2) is 0 Å². The molecule has 1 aliphatic heterocycles. The Hall–Kier alpha value is -1.92. The lowest BCUT2D eigenvalue weighted by molar-refractivity contribution is -0.155. The summed E-state index contributed by atoms with van der Waals surface area (Å²) in [5.74, 6) is -1.55. The van der Waals surface area contributed by atoms with E-state index >= 15 is 0 Å². The largest absolute Gasteiger partial charge is 0.356 e. The van der Waals surface area contributed by atoms with Crippen LogP contribution in [0.25, 0.3) is 0 Å². The van der Waals surface area contributed by atoms with Crippen molar-refractivity contribution in [1.29, 1.82) is 0 Å². The minimum atomic E-state index is -1.05. The smallest absolute Gasteiger partial charge is 0.252 e. The molecule has 0 spiro atoms. The molecule has 4 amide bonds. The fraction of sp³-hybridized carbons (Fsp3) is 0.636. The van der Waals surface area contributed by atoms with Gasteiger partial charge >= 0.3 is 0 Å². The monoisotopic (exact) mass is 255 g/mol. The molecule has 7 heteroatoms. The molecule has 0 aromatic carbocycles. The van der Waals surface area contributed by atoms with Crippen LogP contribution < -0.4 is 10.6 Å². The number of piperazine rings is 1. The fourth-order valence-electron chi connectivity index (χ4n) is 1.66. The third-order valence-electron chi connectivity index (χ3n) is 2.80. The van der Waals surface area contributed by atoms with Gasteiger partial charge in [0.05, 0.1) is 0 Å². The first-order chi connectivity index (χ1) is 8.25. The van der Waals surface area contributed by atoms with Crippen molar-refractivity contribution in [2.75, 3.05) is 13.1 Å². The van der Waals surface area contributed by atoms with E-state index in [0.29, 0.717) is 0 Å². The number of hydrogen-bond donors (Lipinski definition) is 2. The van der Waals surface area contributed by atoms with Gasteiger partial charge in [-0.25, -0.2) is 0 Å². The van der Waals surface area contributed by atoms with Crippen molar-refractivity contribution in [3.8, 4) is 0 Å². The average molecular weight is 255 g/mol. The summed E-state index contributed by atoms with van der Waals surface area (Å²) in [4.78, 5) is 46.7. The second-order valence-corrected chi connectivity index (χ2v) is 4.65. The molecule has 0 saturated carbocycles. The van der Waals surface area contributed by atoms with Crippen LogP contribution >= 0.6 is 0 Å². The van der Waals surface area contributed by atoms with Crippen molar-refractivity contribution in [1.82, 2.24) is 15.5 Å². The Balaban J connectivity index is 2.67. The predicted molar refractivity (Wildman–Crippen MR) is 62.2 cm³/mol. The second kappa shape index (κ2) is 5.16. The molecule has 1 rings (SSSR count). The van der Waals surface area contributed by atoms with Gasteiger partial charge in [0.2, 0.25) is 17.7 Å². The van der Waals surface area contributed by atoms with Crippen LogP contribution in [-0.2, 0) is 19.2 Å². The molecule has 1 heterocycles. The van der Waals surface area contributed by atoms with Crippen LogP contribution in [0.5, 0.6) is 0 Å². The first-order valence-corrected chi connectivity index (χ1v) is 5.64.